The Bertz CT molecular complexity index is 493. The summed E-state index contributed by atoms with van der Waals surface area (Å²) in [6.07, 6.45) is 19.3. The van der Waals surface area contributed by atoms with Crippen molar-refractivity contribution in [2.45, 2.75) is 115 Å². The van der Waals surface area contributed by atoms with Gasteiger partial charge in [-0.2, -0.15) is 4.31 Å². The van der Waals surface area contributed by atoms with Crippen molar-refractivity contribution < 1.29 is 8.42 Å². The smallest absolute Gasteiger partial charge is 0.214 e. The van der Waals surface area contributed by atoms with Crippen molar-refractivity contribution in [3.8, 4) is 0 Å². The molecule has 4 nitrogen and oxygen atoms in total. The maximum absolute atomic E-state index is 12.6. The molecule has 2 bridgehead atoms. The third-order valence-corrected chi connectivity index (χ3v) is 8.54. The van der Waals surface area contributed by atoms with Gasteiger partial charge in [0.2, 0.25) is 10.0 Å². The first kappa shape index (κ1) is 23.2. The van der Waals surface area contributed by atoms with Gasteiger partial charge in [-0.1, -0.05) is 90.4 Å². The van der Waals surface area contributed by atoms with Gasteiger partial charge in [-0.15, -0.1) is 0 Å². The third kappa shape index (κ3) is 8.02. The van der Waals surface area contributed by atoms with Crippen molar-refractivity contribution in [1.82, 2.24) is 9.21 Å². The first-order chi connectivity index (χ1) is 13.0. The Morgan fingerprint density at radius 3 is 1.59 bits per heavy atom. The summed E-state index contributed by atoms with van der Waals surface area (Å²) >= 11 is 0. The Balaban J connectivity index is 1.39. The van der Waals surface area contributed by atoms with Crippen LogP contribution in [0.4, 0.5) is 0 Å². The van der Waals surface area contributed by atoms with Crippen molar-refractivity contribution in [3.05, 3.63) is 0 Å². The van der Waals surface area contributed by atoms with E-state index in [-0.39, 0.29) is 6.04 Å². The molecular weight excluding hydrogens is 356 g/mol. The number of likely N-dealkylation sites (N-methyl/N-ethyl adjacent to an activating group) is 1. The van der Waals surface area contributed by atoms with Crippen LogP contribution < -0.4 is 0 Å². The minimum Gasteiger partial charge on any atom is -0.300 e. The van der Waals surface area contributed by atoms with Crippen molar-refractivity contribution in [1.29, 1.82) is 0 Å². The number of fused-ring (bicyclic) bond motifs is 2. The van der Waals surface area contributed by atoms with Gasteiger partial charge in [-0.05, 0) is 19.9 Å². The maximum atomic E-state index is 12.6. The number of nitrogens with zero attached hydrogens (tertiary/aromatic N) is 2. The molecule has 0 N–H and O–H groups in total. The summed E-state index contributed by atoms with van der Waals surface area (Å²) < 4.78 is 26.9. The van der Waals surface area contributed by atoms with Crippen LogP contribution in [0.5, 0.6) is 0 Å². The van der Waals surface area contributed by atoms with E-state index in [0.29, 0.717) is 11.8 Å². The van der Waals surface area contributed by atoms with Crippen LogP contribution in [0, 0.1) is 0 Å². The number of rotatable bonds is 16. The average Bonchev–Trinajstić information content (AvgIpc) is 3.22. The zero-order chi connectivity index (χ0) is 19.5. The van der Waals surface area contributed by atoms with Crippen LogP contribution in [0.3, 0.4) is 0 Å². The Morgan fingerprint density at radius 2 is 1.19 bits per heavy atom. The summed E-state index contributed by atoms with van der Waals surface area (Å²) in [5.41, 5.74) is 0. The first-order valence-corrected chi connectivity index (χ1v) is 13.3. The van der Waals surface area contributed by atoms with E-state index >= 15 is 0 Å². The quantitative estimate of drug-likeness (QED) is 0.335. The van der Waals surface area contributed by atoms with E-state index in [9.17, 15) is 8.42 Å². The molecule has 2 atom stereocenters. The molecule has 27 heavy (non-hydrogen) atoms. The number of hydrogen-bond acceptors (Lipinski definition) is 3. The summed E-state index contributed by atoms with van der Waals surface area (Å²) in [5, 5.41) is 0. The number of hydrogen-bond donors (Lipinski definition) is 0. The van der Waals surface area contributed by atoms with E-state index in [1.54, 1.807) is 4.31 Å². The Labute approximate surface area is 169 Å². The van der Waals surface area contributed by atoms with Crippen molar-refractivity contribution in [3.63, 3.8) is 0 Å². The fourth-order valence-electron chi connectivity index (χ4n) is 4.77. The molecule has 2 aliphatic rings. The predicted octanol–water partition coefficient (Wildman–Crippen LogP) is 5.19. The van der Waals surface area contributed by atoms with Crippen LogP contribution in [-0.4, -0.2) is 55.6 Å². The molecule has 160 valence electrons. The maximum Gasteiger partial charge on any atom is 0.214 e. The minimum atomic E-state index is -3.02. The van der Waals surface area contributed by atoms with Crippen LogP contribution in [0.1, 0.15) is 103 Å². The summed E-state index contributed by atoms with van der Waals surface area (Å²) in [5.74, 6) is 0.359. The van der Waals surface area contributed by atoms with Gasteiger partial charge in [-0.25, -0.2) is 8.42 Å². The monoisotopic (exact) mass is 400 g/mol. The van der Waals surface area contributed by atoms with E-state index in [1.165, 1.54) is 77.0 Å². The van der Waals surface area contributed by atoms with E-state index < -0.39 is 10.0 Å². The standard InChI is InChI=1S/C22H44N2O2S/c1-3-4-5-6-7-8-9-10-11-12-13-14-15-16-17-27(25,26)24-20-21-18-22(24)19-23(21)2/h21-22H,3-20H2,1-2H3. The first-order valence-electron chi connectivity index (χ1n) is 11.7. The Morgan fingerprint density at radius 1 is 0.704 bits per heavy atom. The number of sulfonamides is 1. The van der Waals surface area contributed by atoms with Crippen LogP contribution >= 0.6 is 0 Å². The van der Waals surface area contributed by atoms with Crippen LogP contribution in [0.15, 0.2) is 0 Å². The zero-order valence-electron chi connectivity index (χ0n) is 18.0. The lowest BCUT2D eigenvalue weighted by Gasteiger charge is -2.31. The lowest BCUT2D eigenvalue weighted by Crippen LogP contribution is -2.47. The SMILES string of the molecule is CCCCCCCCCCCCCCCCS(=O)(=O)N1CC2CC1CN2C. The summed E-state index contributed by atoms with van der Waals surface area (Å²) in [6.45, 7) is 3.92. The number of unbranched alkanes of at least 4 members (excludes halogenated alkanes) is 13. The highest BCUT2D eigenvalue weighted by atomic mass is 32.2. The number of piperazine rings is 1. The second kappa shape index (κ2) is 12.4. The molecular formula is C22H44N2O2S. The molecule has 2 saturated heterocycles. The minimum absolute atomic E-state index is 0.247. The van der Waals surface area contributed by atoms with Crippen LogP contribution in [0.25, 0.3) is 0 Å². The van der Waals surface area contributed by atoms with Crippen molar-refractivity contribution in [2.75, 3.05) is 25.9 Å². The second-order valence-electron chi connectivity index (χ2n) is 8.96. The Hall–Kier alpha value is -0.130. The van der Waals surface area contributed by atoms with Gasteiger partial charge in [0.25, 0.3) is 0 Å². The largest absolute Gasteiger partial charge is 0.300 e. The van der Waals surface area contributed by atoms with Gasteiger partial charge in [0.05, 0.1) is 5.75 Å². The topological polar surface area (TPSA) is 40.6 Å². The van der Waals surface area contributed by atoms with Gasteiger partial charge in [0, 0.05) is 25.2 Å². The van der Waals surface area contributed by atoms with Crippen molar-refractivity contribution >= 4 is 10.0 Å². The highest BCUT2D eigenvalue weighted by Gasteiger charge is 2.46. The lowest BCUT2D eigenvalue weighted by atomic mass is 10.0. The third-order valence-electron chi connectivity index (χ3n) is 6.58. The van der Waals surface area contributed by atoms with E-state index in [2.05, 4.69) is 18.9 Å². The molecule has 0 aromatic rings. The molecule has 2 unspecified atom stereocenters. The molecule has 2 heterocycles. The van der Waals surface area contributed by atoms with Gasteiger partial charge >= 0.3 is 0 Å². The predicted molar refractivity (Wildman–Crippen MR) is 116 cm³/mol. The molecule has 0 aromatic carbocycles. The summed E-state index contributed by atoms with van der Waals surface area (Å²) in [4.78, 5) is 2.31. The van der Waals surface area contributed by atoms with Gasteiger partial charge in [0.15, 0.2) is 0 Å². The van der Waals surface area contributed by atoms with Gasteiger partial charge in [-0.3, -0.25) is 0 Å². The molecule has 5 heteroatoms. The highest BCUT2D eigenvalue weighted by Crippen LogP contribution is 2.31. The fraction of sp³-hybridized carbons (Fsp3) is 1.00. The Kier molecular flexibility index (Phi) is 10.7. The lowest BCUT2D eigenvalue weighted by molar-refractivity contribution is 0.216. The normalized spacial score (nSPS) is 23.5. The van der Waals surface area contributed by atoms with Crippen LogP contribution in [0.2, 0.25) is 0 Å². The highest BCUT2D eigenvalue weighted by molar-refractivity contribution is 7.89. The molecule has 0 radical (unpaired) electrons. The van der Waals surface area contributed by atoms with E-state index in [1.807, 2.05) is 0 Å². The average molecular weight is 401 g/mol. The number of likely N-dealkylation sites (tertiary alicyclic amines) is 1. The fourth-order valence-corrected chi connectivity index (χ4v) is 6.58. The summed E-state index contributed by atoms with van der Waals surface area (Å²) in [7, 11) is -0.911. The van der Waals surface area contributed by atoms with E-state index in [0.717, 1.165) is 32.4 Å². The molecule has 0 aliphatic carbocycles. The van der Waals surface area contributed by atoms with E-state index in [4.69, 9.17) is 0 Å². The van der Waals surface area contributed by atoms with Gasteiger partial charge < -0.3 is 4.90 Å². The molecule has 0 saturated carbocycles. The van der Waals surface area contributed by atoms with Gasteiger partial charge in [0.1, 0.15) is 0 Å². The molecule has 0 amide bonds. The molecule has 2 rings (SSSR count). The second-order valence-corrected chi connectivity index (χ2v) is 11.0. The molecule has 2 fully saturated rings. The van der Waals surface area contributed by atoms with Crippen molar-refractivity contribution in [2.24, 2.45) is 0 Å². The zero-order valence-corrected chi connectivity index (χ0v) is 18.8. The summed E-state index contributed by atoms with van der Waals surface area (Å²) in [6, 6.07) is 0.706. The van der Waals surface area contributed by atoms with Crippen LogP contribution in [-0.2, 0) is 10.0 Å². The molecule has 0 aromatic heterocycles. The molecule has 0 spiro atoms. The molecule has 2 aliphatic heterocycles.